The zero-order chi connectivity index (χ0) is 11.6. The summed E-state index contributed by atoms with van der Waals surface area (Å²) in [6.45, 7) is 16.9. The lowest BCUT2D eigenvalue weighted by molar-refractivity contribution is 0.0274. The van der Waals surface area contributed by atoms with E-state index >= 15 is 0 Å². The predicted molar refractivity (Wildman–Crippen MR) is 66.1 cm³/mol. The molecule has 0 aliphatic heterocycles. The molecule has 0 radical (unpaired) electrons. The molecular weight excluding hydrogens is 194 g/mol. The van der Waals surface area contributed by atoms with E-state index in [0.717, 1.165) is 12.4 Å². The van der Waals surface area contributed by atoms with Crippen molar-refractivity contribution in [2.75, 3.05) is 12.4 Å². The Morgan fingerprint density at radius 3 is 1.57 bits per heavy atom. The Morgan fingerprint density at radius 2 is 1.36 bits per heavy atom. The standard InChI is InChI=1S/C12H26ClN/c1-10(8-13)9-14(11(2,3)4)12(5,6)7/h10H,8-9H2,1-7H3. The lowest BCUT2D eigenvalue weighted by Gasteiger charge is -2.46. The van der Waals surface area contributed by atoms with E-state index in [1.54, 1.807) is 0 Å². The molecule has 0 aromatic heterocycles. The summed E-state index contributed by atoms with van der Waals surface area (Å²) in [6.07, 6.45) is 0. The van der Waals surface area contributed by atoms with E-state index in [2.05, 4.69) is 53.4 Å². The van der Waals surface area contributed by atoms with Crippen LogP contribution in [0.5, 0.6) is 0 Å². The maximum atomic E-state index is 5.87. The van der Waals surface area contributed by atoms with Crippen molar-refractivity contribution in [3.8, 4) is 0 Å². The minimum absolute atomic E-state index is 0.207. The fourth-order valence-electron chi connectivity index (χ4n) is 1.91. The van der Waals surface area contributed by atoms with Crippen LogP contribution in [0.25, 0.3) is 0 Å². The molecule has 0 amide bonds. The van der Waals surface area contributed by atoms with Gasteiger partial charge in [-0.3, -0.25) is 4.90 Å². The van der Waals surface area contributed by atoms with Gasteiger partial charge < -0.3 is 0 Å². The summed E-state index contributed by atoms with van der Waals surface area (Å²) in [6, 6.07) is 0. The smallest absolute Gasteiger partial charge is 0.0261 e. The molecule has 1 nitrogen and oxygen atoms in total. The molecule has 0 spiro atoms. The zero-order valence-corrected chi connectivity index (χ0v) is 11.6. The van der Waals surface area contributed by atoms with Crippen LogP contribution in [-0.2, 0) is 0 Å². The number of alkyl halides is 1. The van der Waals surface area contributed by atoms with E-state index in [0.29, 0.717) is 5.92 Å². The minimum Gasteiger partial charge on any atom is -0.293 e. The Hall–Kier alpha value is 0.250. The van der Waals surface area contributed by atoms with Crippen molar-refractivity contribution in [2.24, 2.45) is 5.92 Å². The van der Waals surface area contributed by atoms with Gasteiger partial charge in [-0.05, 0) is 47.5 Å². The van der Waals surface area contributed by atoms with E-state index in [9.17, 15) is 0 Å². The van der Waals surface area contributed by atoms with Crippen molar-refractivity contribution in [3.05, 3.63) is 0 Å². The van der Waals surface area contributed by atoms with Crippen molar-refractivity contribution in [3.63, 3.8) is 0 Å². The highest BCUT2D eigenvalue weighted by atomic mass is 35.5. The highest BCUT2D eigenvalue weighted by molar-refractivity contribution is 6.18. The minimum atomic E-state index is 0.207. The molecule has 1 atom stereocenters. The van der Waals surface area contributed by atoms with E-state index in [4.69, 9.17) is 11.6 Å². The van der Waals surface area contributed by atoms with E-state index in [1.165, 1.54) is 0 Å². The largest absolute Gasteiger partial charge is 0.293 e. The molecule has 0 rings (SSSR count). The molecule has 0 saturated heterocycles. The van der Waals surface area contributed by atoms with Crippen LogP contribution >= 0.6 is 11.6 Å². The summed E-state index contributed by atoms with van der Waals surface area (Å²) >= 11 is 5.87. The topological polar surface area (TPSA) is 3.24 Å². The predicted octanol–water partition coefficient (Wildman–Crippen LogP) is 3.76. The van der Waals surface area contributed by atoms with Crippen molar-refractivity contribution >= 4 is 11.6 Å². The first kappa shape index (κ1) is 14.2. The second-order valence-electron chi connectivity index (χ2n) is 6.21. The number of halogens is 1. The molecule has 0 fully saturated rings. The van der Waals surface area contributed by atoms with Crippen molar-refractivity contribution < 1.29 is 0 Å². The molecule has 2 heteroatoms. The maximum absolute atomic E-state index is 5.87. The molecule has 1 unspecified atom stereocenters. The highest BCUT2D eigenvalue weighted by Crippen LogP contribution is 2.25. The Kier molecular flexibility index (Phi) is 4.94. The van der Waals surface area contributed by atoms with Crippen LogP contribution < -0.4 is 0 Å². The second kappa shape index (κ2) is 4.85. The zero-order valence-electron chi connectivity index (χ0n) is 10.8. The number of hydrogen-bond donors (Lipinski definition) is 0. The van der Waals surface area contributed by atoms with E-state index < -0.39 is 0 Å². The highest BCUT2D eigenvalue weighted by Gasteiger charge is 2.31. The van der Waals surface area contributed by atoms with Crippen LogP contribution in [0.1, 0.15) is 48.5 Å². The van der Waals surface area contributed by atoms with E-state index in [-0.39, 0.29) is 11.1 Å². The third kappa shape index (κ3) is 4.65. The van der Waals surface area contributed by atoms with Crippen LogP contribution in [0.15, 0.2) is 0 Å². The first-order chi connectivity index (χ1) is 6.09. The quantitative estimate of drug-likeness (QED) is 0.654. The van der Waals surface area contributed by atoms with E-state index in [1.807, 2.05) is 0 Å². The SMILES string of the molecule is CC(CCl)CN(C(C)(C)C)C(C)(C)C. The molecule has 0 heterocycles. The van der Waals surface area contributed by atoms with Crippen molar-refractivity contribution in [1.82, 2.24) is 4.90 Å². The number of rotatable bonds is 3. The molecule has 86 valence electrons. The molecular formula is C12H26ClN. The van der Waals surface area contributed by atoms with Crippen molar-refractivity contribution in [2.45, 2.75) is 59.5 Å². The summed E-state index contributed by atoms with van der Waals surface area (Å²) in [5, 5.41) is 0. The van der Waals surface area contributed by atoms with Gasteiger partial charge >= 0.3 is 0 Å². The molecule has 0 aliphatic carbocycles. The summed E-state index contributed by atoms with van der Waals surface area (Å²) in [7, 11) is 0. The monoisotopic (exact) mass is 219 g/mol. The number of hydrogen-bond acceptors (Lipinski definition) is 1. The number of nitrogens with zero attached hydrogens (tertiary/aromatic N) is 1. The third-order valence-electron chi connectivity index (χ3n) is 2.38. The van der Waals surface area contributed by atoms with Crippen LogP contribution in [0.2, 0.25) is 0 Å². The lowest BCUT2D eigenvalue weighted by atomic mass is 9.94. The molecule has 0 aromatic rings. The summed E-state index contributed by atoms with van der Waals surface area (Å²) in [5.74, 6) is 1.29. The van der Waals surface area contributed by atoms with Gasteiger partial charge in [0.25, 0.3) is 0 Å². The second-order valence-corrected chi connectivity index (χ2v) is 6.52. The van der Waals surface area contributed by atoms with Gasteiger partial charge in [0.15, 0.2) is 0 Å². The van der Waals surface area contributed by atoms with Gasteiger partial charge in [-0.2, -0.15) is 0 Å². The molecule has 0 aromatic carbocycles. The molecule has 14 heavy (non-hydrogen) atoms. The van der Waals surface area contributed by atoms with Crippen molar-refractivity contribution in [1.29, 1.82) is 0 Å². The Morgan fingerprint density at radius 1 is 1.00 bits per heavy atom. The Labute approximate surface area is 94.8 Å². The Balaban J connectivity index is 4.59. The summed E-state index contributed by atoms with van der Waals surface area (Å²) < 4.78 is 0. The third-order valence-corrected chi connectivity index (χ3v) is 2.90. The van der Waals surface area contributed by atoms with Crippen LogP contribution in [0.3, 0.4) is 0 Å². The summed E-state index contributed by atoms with van der Waals surface area (Å²) in [5.41, 5.74) is 0.414. The van der Waals surface area contributed by atoms with Gasteiger partial charge in [0, 0.05) is 23.5 Å². The first-order valence-electron chi connectivity index (χ1n) is 5.42. The van der Waals surface area contributed by atoms with Gasteiger partial charge in [0.2, 0.25) is 0 Å². The normalized spacial score (nSPS) is 16.1. The van der Waals surface area contributed by atoms with Crippen LogP contribution in [0.4, 0.5) is 0 Å². The molecule has 0 aliphatic rings. The first-order valence-corrected chi connectivity index (χ1v) is 5.96. The van der Waals surface area contributed by atoms with Crippen LogP contribution in [0, 0.1) is 5.92 Å². The van der Waals surface area contributed by atoms with Gasteiger partial charge in [-0.1, -0.05) is 6.92 Å². The van der Waals surface area contributed by atoms with Gasteiger partial charge in [0.1, 0.15) is 0 Å². The summed E-state index contributed by atoms with van der Waals surface area (Å²) in [4.78, 5) is 2.52. The van der Waals surface area contributed by atoms with Gasteiger partial charge in [-0.15, -0.1) is 11.6 Å². The van der Waals surface area contributed by atoms with Gasteiger partial charge in [-0.25, -0.2) is 0 Å². The fourth-order valence-corrected chi connectivity index (χ4v) is 2.01. The lowest BCUT2D eigenvalue weighted by Crippen LogP contribution is -2.54. The van der Waals surface area contributed by atoms with Gasteiger partial charge in [0.05, 0.1) is 0 Å². The molecule has 0 saturated carbocycles. The average Bonchev–Trinajstić information content (AvgIpc) is 1.95. The van der Waals surface area contributed by atoms with Crippen LogP contribution in [-0.4, -0.2) is 28.4 Å². The fraction of sp³-hybridized carbons (Fsp3) is 1.00. The maximum Gasteiger partial charge on any atom is 0.0261 e. The Bertz CT molecular complexity index is 150. The average molecular weight is 220 g/mol. The molecule has 0 N–H and O–H groups in total. The molecule has 0 bridgehead atoms.